The van der Waals surface area contributed by atoms with Crippen LogP contribution in [0.25, 0.3) is 30.5 Å². The average molecular weight is 525 g/mol. The third-order valence-electron chi connectivity index (χ3n) is 7.23. The average Bonchev–Trinajstić information content (AvgIpc) is 3.65. The first-order chi connectivity index (χ1) is 17.2. The van der Waals surface area contributed by atoms with Gasteiger partial charge in [0.2, 0.25) is 0 Å². The van der Waals surface area contributed by atoms with E-state index in [-0.39, 0.29) is 0 Å². The molecule has 4 heterocycles. The minimum atomic E-state index is 0.691. The Balaban J connectivity index is 1.84. The number of hydrogen-bond donors (Lipinski definition) is 0. The van der Waals surface area contributed by atoms with E-state index in [1.54, 1.807) is 0 Å². The second kappa shape index (κ2) is 13.1. The predicted molar refractivity (Wildman–Crippen MR) is 158 cm³/mol. The largest absolute Gasteiger partial charge is 0.248 e. The molecule has 0 aliphatic rings. The van der Waals surface area contributed by atoms with Gasteiger partial charge in [0.05, 0.1) is 21.1 Å². The summed E-state index contributed by atoms with van der Waals surface area (Å²) in [5, 5.41) is 4.34. The molecule has 0 saturated heterocycles. The summed E-state index contributed by atoms with van der Waals surface area (Å²) in [6, 6.07) is 8.77. The number of hydrogen-bond acceptors (Lipinski definition) is 5. The van der Waals surface area contributed by atoms with Crippen LogP contribution in [0.15, 0.2) is 35.0 Å². The molecule has 0 spiro atoms. The van der Waals surface area contributed by atoms with Gasteiger partial charge in [-0.15, -0.1) is 34.0 Å². The first-order valence-electron chi connectivity index (χ1n) is 13.6. The molecule has 0 N–H and O–H groups in total. The molecule has 188 valence electrons. The maximum Gasteiger partial charge on any atom is 0.109 e. The van der Waals surface area contributed by atoms with Crippen molar-refractivity contribution in [1.29, 1.82) is 0 Å². The molecular formula is C30H40N2S3. The van der Waals surface area contributed by atoms with Crippen molar-refractivity contribution >= 4 is 45.0 Å². The van der Waals surface area contributed by atoms with Gasteiger partial charge in [0.15, 0.2) is 0 Å². The van der Waals surface area contributed by atoms with E-state index in [0.29, 0.717) is 11.8 Å². The zero-order valence-electron chi connectivity index (χ0n) is 21.8. The van der Waals surface area contributed by atoms with Gasteiger partial charge < -0.3 is 0 Å². The second-order valence-electron chi connectivity index (χ2n) is 9.77. The summed E-state index contributed by atoms with van der Waals surface area (Å²) in [6.45, 7) is 9.29. The smallest absolute Gasteiger partial charge is 0.109 e. The molecule has 2 unspecified atom stereocenters. The lowest BCUT2D eigenvalue weighted by atomic mass is 9.89. The number of rotatable bonds is 14. The van der Waals surface area contributed by atoms with Gasteiger partial charge in [0.25, 0.3) is 0 Å². The number of aromatic nitrogens is 2. The van der Waals surface area contributed by atoms with Crippen LogP contribution in [0.1, 0.15) is 90.4 Å². The van der Waals surface area contributed by atoms with E-state index in [1.807, 2.05) is 34.0 Å². The minimum Gasteiger partial charge on any atom is -0.248 e. The van der Waals surface area contributed by atoms with Gasteiger partial charge in [0, 0.05) is 9.75 Å². The first kappa shape index (κ1) is 26.5. The Bertz CT molecular complexity index is 1070. The van der Waals surface area contributed by atoms with Crippen LogP contribution in [0.2, 0.25) is 0 Å². The molecule has 0 radical (unpaired) electrons. The summed E-state index contributed by atoms with van der Waals surface area (Å²) in [5.74, 6) is 1.38. The minimum absolute atomic E-state index is 0.691. The Morgan fingerprint density at radius 2 is 1.14 bits per heavy atom. The number of nitrogens with zero attached hydrogens (tertiary/aromatic N) is 2. The van der Waals surface area contributed by atoms with E-state index in [0.717, 1.165) is 23.9 Å². The van der Waals surface area contributed by atoms with Crippen molar-refractivity contribution in [2.24, 2.45) is 11.8 Å². The Hall–Kier alpha value is -1.56. The zero-order valence-corrected chi connectivity index (χ0v) is 24.3. The molecule has 0 saturated carbocycles. The van der Waals surface area contributed by atoms with E-state index < -0.39 is 0 Å². The molecule has 0 aromatic carbocycles. The molecule has 4 rings (SSSR count). The summed E-state index contributed by atoms with van der Waals surface area (Å²) in [5.41, 5.74) is 4.77. The monoisotopic (exact) mass is 524 g/mol. The highest BCUT2D eigenvalue weighted by Crippen LogP contribution is 2.45. The highest BCUT2D eigenvalue weighted by atomic mass is 32.1. The van der Waals surface area contributed by atoms with Crippen LogP contribution >= 0.6 is 34.0 Å². The first-order valence-corrected chi connectivity index (χ1v) is 16.2. The molecule has 4 aromatic rings. The summed E-state index contributed by atoms with van der Waals surface area (Å²) in [7, 11) is 0. The van der Waals surface area contributed by atoms with Gasteiger partial charge in [-0.1, -0.05) is 91.2 Å². The van der Waals surface area contributed by atoms with Crippen LogP contribution in [0.3, 0.4) is 0 Å². The fourth-order valence-electron chi connectivity index (χ4n) is 4.93. The van der Waals surface area contributed by atoms with Crippen molar-refractivity contribution in [1.82, 2.24) is 9.97 Å². The molecule has 5 heteroatoms. The van der Waals surface area contributed by atoms with Crippen LogP contribution in [-0.4, -0.2) is 9.97 Å². The summed E-state index contributed by atoms with van der Waals surface area (Å²) >= 11 is 5.50. The molecular weight excluding hydrogens is 485 g/mol. The van der Waals surface area contributed by atoms with Crippen molar-refractivity contribution in [3.05, 3.63) is 46.4 Å². The van der Waals surface area contributed by atoms with E-state index >= 15 is 0 Å². The molecule has 2 atom stereocenters. The van der Waals surface area contributed by atoms with Crippen molar-refractivity contribution in [2.45, 2.75) is 91.9 Å². The van der Waals surface area contributed by atoms with Crippen LogP contribution < -0.4 is 0 Å². The Labute approximate surface area is 223 Å². The van der Waals surface area contributed by atoms with Gasteiger partial charge >= 0.3 is 0 Å². The predicted octanol–water partition coefficient (Wildman–Crippen LogP) is 10.7. The highest BCUT2D eigenvalue weighted by Gasteiger charge is 2.23. The van der Waals surface area contributed by atoms with Crippen molar-refractivity contribution < 1.29 is 0 Å². The summed E-state index contributed by atoms with van der Waals surface area (Å²) in [4.78, 5) is 16.2. The van der Waals surface area contributed by atoms with Gasteiger partial charge in [-0.05, 0) is 47.6 Å². The van der Waals surface area contributed by atoms with Crippen LogP contribution in [0, 0.1) is 11.8 Å². The molecule has 0 bridgehead atoms. The van der Waals surface area contributed by atoms with Crippen LogP contribution in [0.5, 0.6) is 0 Å². The van der Waals surface area contributed by atoms with Crippen LogP contribution in [-0.2, 0) is 12.8 Å². The summed E-state index contributed by atoms with van der Waals surface area (Å²) in [6.07, 6.45) is 12.3. The van der Waals surface area contributed by atoms with E-state index in [2.05, 4.69) is 62.7 Å². The molecule has 4 aromatic heterocycles. The lowest BCUT2D eigenvalue weighted by Crippen LogP contribution is -2.13. The quantitative estimate of drug-likeness (QED) is 0.164. The molecule has 2 nitrogen and oxygen atoms in total. The van der Waals surface area contributed by atoms with Crippen molar-refractivity contribution in [3.63, 3.8) is 0 Å². The van der Waals surface area contributed by atoms with E-state index in [4.69, 9.17) is 9.97 Å². The Morgan fingerprint density at radius 1 is 0.686 bits per heavy atom. The Kier molecular flexibility index (Phi) is 9.93. The van der Waals surface area contributed by atoms with Crippen LogP contribution in [0.4, 0.5) is 0 Å². The third-order valence-corrected chi connectivity index (χ3v) is 10.5. The maximum absolute atomic E-state index is 5.48. The van der Waals surface area contributed by atoms with E-state index in [9.17, 15) is 0 Å². The van der Waals surface area contributed by atoms with Gasteiger partial charge in [-0.2, -0.15) is 0 Å². The lowest BCUT2D eigenvalue weighted by Gasteiger charge is -2.19. The van der Waals surface area contributed by atoms with Crippen molar-refractivity contribution in [3.8, 4) is 19.5 Å². The lowest BCUT2D eigenvalue weighted by molar-refractivity contribution is 0.427. The van der Waals surface area contributed by atoms with Gasteiger partial charge in [-0.3, -0.25) is 0 Å². The third kappa shape index (κ3) is 6.42. The normalized spacial score (nSPS) is 13.5. The maximum atomic E-state index is 5.48. The standard InChI is InChI=1S/C30H40N2S3/c1-5-9-13-21(7-3)19-23-24(20-22(8-4)14-10-6-2)32-28-27(31-23)29(25-15-11-17-33-25)35-30(28)26-16-12-18-34-26/h11-12,15-18,21-22H,5-10,13-14,19-20H2,1-4H3. The topological polar surface area (TPSA) is 25.8 Å². The number of unbranched alkanes of at least 4 members (excludes halogenated alkanes) is 2. The SMILES string of the molecule is CCCCC(CC)Cc1nc2c(-c3cccs3)sc(-c3cccs3)c2nc1CC(CC)CCCC. The highest BCUT2D eigenvalue weighted by molar-refractivity contribution is 7.27. The van der Waals surface area contributed by atoms with Gasteiger partial charge in [0.1, 0.15) is 11.0 Å². The summed E-state index contributed by atoms with van der Waals surface area (Å²) < 4.78 is 0. The van der Waals surface area contributed by atoms with Gasteiger partial charge in [-0.25, -0.2) is 9.97 Å². The number of fused-ring (bicyclic) bond motifs is 1. The molecule has 35 heavy (non-hydrogen) atoms. The molecule has 0 amide bonds. The fraction of sp³-hybridized carbons (Fsp3) is 0.533. The Morgan fingerprint density at radius 3 is 1.49 bits per heavy atom. The fourth-order valence-corrected chi connectivity index (χ4v) is 7.82. The van der Waals surface area contributed by atoms with Crippen molar-refractivity contribution in [2.75, 3.05) is 0 Å². The molecule has 0 fully saturated rings. The molecule has 0 aliphatic heterocycles. The number of thiophene rings is 3. The molecule has 0 aliphatic carbocycles. The second-order valence-corrected chi connectivity index (χ2v) is 12.7. The zero-order chi connectivity index (χ0) is 24.6. The van der Waals surface area contributed by atoms with E-state index in [1.165, 1.54) is 82.3 Å².